The van der Waals surface area contributed by atoms with E-state index in [4.69, 9.17) is 13.9 Å². The number of carbonyl (C=O) groups is 2. The summed E-state index contributed by atoms with van der Waals surface area (Å²) < 4.78 is 15.7. The number of amides is 2. The van der Waals surface area contributed by atoms with Gasteiger partial charge in [0.1, 0.15) is 0 Å². The smallest absolute Gasteiger partial charge is 0.291 e. The summed E-state index contributed by atoms with van der Waals surface area (Å²) >= 11 is 0. The second kappa shape index (κ2) is 7.87. The average Bonchev–Trinajstić information content (AvgIpc) is 3.40. The highest BCUT2D eigenvalue weighted by molar-refractivity contribution is 6.02. The molecule has 0 radical (unpaired) electrons. The van der Waals surface area contributed by atoms with E-state index in [0.717, 1.165) is 17.1 Å². The molecule has 0 saturated heterocycles. The Bertz CT molecular complexity index is 981. The van der Waals surface area contributed by atoms with Crippen LogP contribution in [0.15, 0.2) is 65.3 Å². The predicted octanol–water partition coefficient (Wildman–Crippen LogP) is 3.23. The van der Waals surface area contributed by atoms with Crippen molar-refractivity contribution in [3.63, 3.8) is 0 Å². The van der Waals surface area contributed by atoms with E-state index in [0.29, 0.717) is 24.2 Å². The summed E-state index contributed by atoms with van der Waals surface area (Å²) in [5.41, 5.74) is 2.15. The molecule has 0 aliphatic carbocycles. The molecule has 28 heavy (non-hydrogen) atoms. The van der Waals surface area contributed by atoms with Gasteiger partial charge in [0.2, 0.25) is 6.79 Å². The maximum absolute atomic E-state index is 12.3. The van der Waals surface area contributed by atoms with Gasteiger partial charge in [-0.3, -0.25) is 9.59 Å². The molecule has 2 amide bonds. The van der Waals surface area contributed by atoms with Crippen molar-refractivity contribution in [3.8, 4) is 11.5 Å². The van der Waals surface area contributed by atoms with E-state index in [1.54, 1.807) is 36.4 Å². The van der Waals surface area contributed by atoms with E-state index in [9.17, 15) is 9.59 Å². The SMILES string of the molecule is O=C(NCCc1ccc2c(c1)OCO2)c1ccc(NC(=O)c2ccco2)cc1. The lowest BCUT2D eigenvalue weighted by Gasteiger charge is -2.08. The molecule has 0 spiro atoms. The molecule has 0 unspecified atom stereocenters. The van der Waals surface area contributed by atoms with Gasteiger partial charge < -0.3 is 24.5 Å². The van der Waals surface area contributed by atoms with Crippen molar-refractivity contribution >= 4 is 17.5 Å². The zero-order chi connectivity index (χ0) is 19.3. The second-order valence-corrected chi connectivity index (χ2v) is 6.20. The first kappa shape index (κ1) is 17.7. The van der Waals surface area contributed by atoms with Crippen LogP contribution in [0.3, 0.4) is 0 Å². The number of anilines is 1. The minimum absolute atomic E-state index is 0.176. The highest BCUT2D eigenvalue weighted by Gasteiger charge is 2.13. The maximum Gasteiger partial charge on any atom is 0.291 e. The summed E-state index contributed by atoms with van der Waals surface area (Å²) in [4.78, 5) is 24.2. The molecule has 1 aliphatic heterocycles. The van der Waals surface area contributed by atoms with Gasteiger partial charge in [-0.25, -0.2) is 0 Å². The first-order chi connectivity index (χ1) is 13.7. The average molecular weight is 378 g/mol. The molecule has 4 rings (SSSR count). The Balaban J connectivity index is 1.28. The van der Waals surface area contributed by atoms with Gasteiger partial charge >= 0.3 is 0 Å². The second-order valence-electron chi connectivity index (χ2n) is 6.20. The Labute approximate surface area is 161 Å². The maximum atomic E-state index is 12.3. The third-order valence-corrected chi connectivity index (χ3v) is 4.29. The lowest BCUT2D eigenvalue weighted by Crippen LogP contribution is -2.25. The summed E-state index contributed by atoms with van der Waals surface area (Å²) in [7, 11) is 0. The largest absolute Gasteiger partial charge is 0.459 e. The van der Waals surface area contributed by atoms with E-state index in [-0.39, 0.29) is 24.4 Å². The minimum atomic E-state index is -0.342. The van der Waals surface area contributed by atoms with Crippen molar-refractivity contribution in [2.24, 2.45) is 0 Å². The summed E-state index contributed by atoms with van der Waals surface area (Å²) in [5.74, 6) is 1.18. The predicted molar refractivity (Wildman–Crippen MR) is 102 cm³/mol. The van der Waals surface area contributed by atoms with Crippen LogP contribution in [-0.4, -0.2) is 25.2 Å². The Kier molecular flexibility index (Phi) is 4.97. The summed E-state index contributed by atoms with van der Waals surface area (Å²) in [6.07, 6.45) is 2.12. The fourth-order valence-corrected chi connectivity index (χ4v) is 2.82. The van der Waals surface area contributed by atoms with Crippen molar-refractivity contribution in [3.05, 3.63) is 77.7 Å². The Hall–Kier alpha value is -3.74. The van der Waals surface area contributed by atoms with Gasteiger partial charge in [0.05, 0.1) is 6.26 Å². The number of hydrogen-bond acceptors (Lipinski definition) is 5. The van der Waals surface area contributed by atoms with Crippen molar-refractivity contribution in [2.45, 2.75) is 6.42 Å². The summed E-state index contributed by atoms with van der Waals surface area (Å²) in [6.45, 7) is 0.739. The van der Waals surface area contributed by atoms with Gasteiger partial charge in [0.25, 0.3) is 11.8 Å². The highest BCUT2D eigenvalue weighted by Crippen LogP contribution is 2.32. The van der Waals surface area contributed by atoms with Crippen LogP contribution in [0.25, 0.3) is 0 Å². The first-order valence-corrected chi connectivity index (χ1v) is 8.81. The molecular weight excluding hydrogens is 360 g/mol. The molecular formula is C21H18N2O5. The molecule has 0 saturated carbocycles. The van der Waals surface area contributed by atoms with Crippen LogP contribution in [0.4, 0.5) is 5.69 Å². The molecule has 7 nitrogen and oxygen atoms in total. The number of hydrogen-bond donors (Lipinski definition) is 2. The third-order valence-electron chi connectivity index (χ3n) is 4.29. The van der Waals surface area contributed by atoms with Crippen LogP contribution >= 0.6 is 0 Å². The lowest BCUT2D eigenvalue weighted by molar-refractivity contribution is 0.0953. The van der Waals surface area contributed by atoms with Crippen LogP contribution < -0.4 is 20.1 Å². The van der Waals surface area contributed by atoms with Crippen molar-refractivity contribution in [2.75, 3.05) is 18.7 Å². The van der Waals surface area contributed by atoms with Crippen LogP contribution in [0.2, 0.25) is 0 Å². The van der Waals surface area contributed by atoms with Gasteiger partial charge in [0.15, 0.2) is 17.3 Å². The molecule has 1 aromatic heterocycles. The molecule has 0 atom stereocenters. The third kappa shape index (κ3) is 3.98. The summed E-state index contributed by atoms with van der Waals surface area (Å²) in [5, 5.41) is 5.59. The number of carbonyl (C=O) groups excluding carboxylic acids is 2. The number of benzene rings is 2. The van der Waals surface area contributed by atoms with Crippen molar-refractivity contribution in [1.29, 1.82) is 0 Å². The van der Waals surface area contributed by atoms with Gasteiger partial charge in [0, 0.05) is 17.8 Å². The number of furan rings is 1. The van der Waals surface area contributed by atoms with E-state index >= 15 is 0 Å². The topological polar surface area (TPSA) is 89.8 Å². The molecule has 142 valence electrons. The number of fused-ring (bicyclic) bond motifs is 1. The van der Waals surface area contributed by atoms with Crippen molar-refractivity contribution < 1.29 is 23.5 Å². The van der Waals surface area contributed by atoms with E-state index in [1.165, 1.54) is 6.26 Å². The Morgan fingerprint density at radius 3 is 2.54 bits per heavy atom. The van der Waals surface area contributed by atoms with Gasteiger partial charge in [-0.15, -0.1) is 0 Å². The van der Waals surface area contributed by atoms with Gasteiger partial charge in [-0.05, 0) is 60.5 Å². The van der Waals surface area contributed by atoms with E-state index in [2.05, 4.69) is 10.6 Å². The number of nitrogens with one attached hydrogen (secondary N) is 2. The number of ether oxygens (including phenoxy) is 2. The zero-order valence-corrected chi connectivity index (χ0v) is 14.9. The zero-order valence-electron chi connectivity index (χ0n) is 14.9. The molecule has 0 bridgehead atoms. The van der Waals surface area contributed by atoms with Crippen LogP contribution in [0.1, 0.15) is 26.5 Å². The van der Waals surface area contributed by atoms with Gasteiger partial charge in [-0.1, -0.05) is 6.07 Å². The Morgan fingerprint density at radius 1 is 0.929 bits per heavy atom. The normalized spacial score (nSPS) is 11.9. The summed E-state index contributed by atoms with van der Waals surface area (Å²) in [6, 6.07) is 15.6. The molecule has 0 fully saturated rings. The van der Waals surface area contributed by atoms with Crippen LogP contribution in [0, 0.1) is 0 Å². The molecule has 3 aromatic rings. The molecule has 2 aromatic carbocycles. The molecule has 2 N–H and O–H groups in total. The molecule has 7 heteroatoms. The quantitative estimate of drug-likeness (QED) is 0.687. The minimum Gasteiger partial charge on any atom is -0.459 e. The highest BCUT2D eigenvalue weighted by atomic mass is 16.7. The monoisotopic (exact) mass is 378 g/mol. The lowest BCUT2D eigenvalue weighted by atomic mass is 10.1. The van der Waals surface area contributed by atoms with Crippen LogP contribution in [-0.2, 0) is 6.42 Å². The number of rotatable bonds is 6. The van der Waals surface area contributed by atoms with E-state index < -0.39 is 0 Å². The van der Waals surface area contributed by atoms with Gasteiger partial charge in [-0.2, -0.15) is 0 Å². The van der Waals surface area contributed by atoms with E-state index in [1.807, 2.05) is 18.2 Å². The fourth-order valence-electron chi connectivity index (χ4n) is 2.82. The fraction of sp³-hybridized carbons (Fsp3) is 0.143. The standard InChI is InChI=1S/C21H18N2O5/c24-20(22-10-9-14-3-8-17-19(12-14)28-13-27-17)15-4-6-16(7-5-15)23-21(25)18-2-1-11-26-18/h1-8,11-12H,9-10,13H2,(H,22,24)(H,23,25). The molecule has 1 aliphatic rings. The van der Waals surface area contributed by atoms with Crippen LogP contribution in [0.5, 0.6) is 11.5 Å². The Morgan fingerprint density at radius 2 is 1.75 bits per heavy atom. The molecule has 2 heterocycles. The van der Waals surface area contributed by atoms with Crippen molar-refractivity contribution in [1.82, 2.24) is 5.32 Å². The first-order valence-electron chi connectivity index (χ1n) is 8.81.